The molecular formula is C17H16N4O3S. The number of anilines is 1. The van der Waals surface area contributed by atoms with E-state index < -0.39 is 10.5 Å². The van der Waals surface area contributed by atoms with Crippen LogP contribution in [-0.4, -0.2) is 27.3 Å². The average molecular weight is 356 g/mol. The van der Waals surface area contributed by atoms with E-state index in [1.54, 1.807) is 31.4 Å². The van der Waals surface area contributed by atoms with Crippen molar-refractivity contribution in [1.29, 1.82) is 0 Å². The SMILES string of the molecule is CSC1=N[C@@](C)(c2ccccc2)C(=O)N1Nc1ccccc1[N+](=O)[O-]. The first-order valence-electron chi connectivity index (χ1n) is 7.51. The predicted molar refractivity (Wildman–Crippen MR) is 98.3 cm³/mol. The summed E-state index contributed by atoms with van der Waals surface area (Å²) in [5, 5.41) is 12.9. The number of amidine groups is 1. The van der Waals surface area contributed by atoms with Crippen molar-refractivity contribution >= 4 is 34.2 Å². The van der Waals surface area contributed by atoms with Crippen molar-refractivity contribution in [2.45, 2.75) is 12.5 Å². The standard InChI is InChI=1S/C17H16N4O3S/c1-17(12-8-4-3-5-9-12)15(22)20(16(18-17)25-2)19-13-10-6-7-11-14(13)21(23)24/h3-11,19H,1-2H3/t17-/m0/s1. The second-order valence-corrected chi connectivity index (χ2v) is 6.34. The monoisotopic (exact) mass is 356 g/mol. The summed E-state index contributed by atoms with van der Waals surface area (Å²) in [5.74, 6) is -0.291. The summed E-state index contributed by atoms with van der Waals surface area (Å²) >= 11 is 1.30. The smallest absolute Gasteiger partial charge is 0.283 e. The maximum atomic E-state index is 13.0. The van der Waals surface area contributed by atoms with E-state index in [1.165, 1.54) is 22.8 Å². The summed E-state index contributed by atoms with van der Waals surface area (Å²) < 4.78 is 0. The number of hydrazine groups is 1. The first-order chi connectivity index (χ1) is 12.0. The van der Waals surface area contributed by atoms with E-state index in [0.29, 0.717) is 5.17 Å². The fraction of sp³-hybridized carbons (Fsp3) is 0.176. The molecule has 7 nitrogen and oxygen atoms in total. The maximum Gasteiger partial charge on any atom is 0.294 e. The van der Waals surface area contributed by atoms with Crippen LogP contribution >= 0.6 is 11.8 Å². The number of carbonyl (C=O) groups excluding carboxylic acids is 1. The largest absolute Gasteiger partial charge is 0.294 e. The molecular weight excluding hydrogens is 340 g/mol. The summed E-state index contributed by atoms with van der Waals surface area (Å²) in [6.45, 7) is 1.74. The van der Waals surface area contributed by atoms with Gasteiger partial charge in [0.2, 0.25) is 0 Å². The average Bonchev–Trinajstić information content (AvgIpc) is 2.88. The van der Waals surface area contributed by atoms with Crippen LogP contribution < -0.4 is 5.43 Å². The Morgan fingerprint density at radius 2 is 1.80 bits per heavy atom. The van der Waals surface area contributed by atoms with Gasteiger partial charge >= 0.3 is 0 Å². The van der Waals surface area contributed by atoms with E-state index in [1.807, 2.05) is 30.3 Å². The molecule has 1 N–H and O–H groups in total. The van der Waals surface area contributed by atoms with Gasteiger partial charge < -0.3 is 0 Å². The third-order valence-electron chi connectivity index (χ3n) is 3.98. The number of nitrogens with zero attached hydrogens (tertiary/aromatic N) is 3. The van der Waals surface area contributed by atoms with E-state index in [9.17, 15) is 14.9 Å². The number of thioether (sulfide) groups is 1. The molecule has 0 bridgehead atoms. The summed E-state index contributed by atoms with van der Waals surface area (Å²) in [4.78, 5) is 28.3. The fourth-order valence-corrected chi connectivity index (χ4v) is 3.21. The zero-order chi connectivity index (χ0) is 18.0. The highest BCUT2D eigenvalue weighted by Gasteiger charge is 2.46. The van der Waals surface area contributed by atoms with E-state index in [4.69, 9.17) is 0 Å². The lowest BCUT2D eigenvalue weighted by atomic mass is 9.92. The molecule has 2 aromatic rings. The van der Waals surface area contributed by atoms with Gasteiger partial charge in [-0.25, -0.2) is 4.99 Å². The highest BCUT2D eigenvalue weighted by Crippen LogP contribution is 2.36. The van der Waals surface area contributed by atoms with Crippen LogP contribution in [0.4, 0.5) is 11.4 Å². The Labute approximate surface area is 148 Å². The molecule has 1 aliphatic heterocycles. The van der Waals surface area contributed by atoms with E-state index in [2.05, 4.69) is 10.4 Å². The number of nitro groups is 1. The second-order valence-electron chi connectivity index (χ2n) is 5.56. The van der Waals surface area contributed by atoms with E-state index >= 15 is 0 Å². The van der Waals surface area contributed by atoms with Crippen molar-refractivity contribution in [3.8, 4) is 0 Å². The normalized spacial score (nSPS) is 19.7. The Morgan fingerprint density at radius 1 is 1.16 bits per heavy atom. The van der Waals surface area contributed by atoms with Crippen LogP contribution in [0.25, 0.3) is 0 Å². The van der Waals surface area contributed by atoms with Crippen LogP contribution in [-0.2, 0) is 10.3 Å². The first-order valence-corrected chi connectivity index (χ1v) is 8.74. The van der Waals surface area contributed by atoms with Gasteiger partial charge in [-0.05, 0) is 24.8 Å². The zero-order valence-corrected chi connectivity index (χ0v) is 14.5. The number of aliphatic imine (C=N–C) groups is 1. The van der Waals surface area contributed by atoms with E-state index in [-0.39, 0.29) is 17.3 Å². The Bertz CT molecular complexity index is 856. The van der Waals surface area contributed by atoms with Gasteiger partial charge in [0.1, 0.15) is 5.69 Å². The second kappa shape index (κ2) is 6.56. The number of benzene rings is 2. The molecule has 1 amide bonds. The fourth-order valence-electron chi connectivity index (χ4n) is 2.63. The Morgan fingerprint density at radius 3 is 2.44 bits per heavy atom. The molecule has 1 atom stereocenters. The van der Waals surface area contributed by atoms with Crippen LogP contribution in [0.1, 0.15) is 12.5 Å². The molecule has 0 fully saturated rings. The third-order valence-corrected chi connectivity index (χ3v) is 4.62. The molecule has 128 valence electrons. The van der Waals surface area contributed by atoms with Crippen LogP contribution in [0, 0.1) is 10.1 Å². The number of amides is 1. The summed E-state index contributed by atoms with van der Waals surface area (Å²) in [6, 6.07) is 15.4. The summed E-state index contributed by atoms with van der Waals surface area (Å²) in [6.07, 6.45) is 1.80. The molecule has 3 rings (SSSR count). The predicted octanol–water partition coefficient (Wildman–Crippen LogP) is 3.40. The Balaban J connectivity index is 1.98. The van der Waals surface area contributed by atoms with Gasteiger partial charge in [0.25, 0.3) is 11.6 Å². The van der Waals surface area contributed by atoms with Crippen molar-refractivity contribution in [3.05, 3.63) is 70.3 Å². The van der Waals surface area contributed by atoms with Gasteiger partial charge in [-0.15, -0.1) is 0 Å². The number of para-hydroxylation sites is 2. The van der Waals surface area contributed by atoms with Gasteiger partial charge in [0, 0.05) is 6.07 Å². The van der Waals surface area contributed by atoms with Crippen molar-refractivity contribution in [2.24, 2.45) is 4.99 Å². The molecule has 0 saturated heterocycles. The lowest BCUT2D eigenvalue weighted by Gasteiger charge is -2.23. The zero-order valence-electron chi connectivity index (χ0n) is 13.7. The summed E-state index contributed by atoms with van der Waals surface area (Å²) in [7, 11) is 0. The third kappa shape index (κ3) is 2.96. The molecule has 0 aliphatic carbocycles. The minimum atomic E-state index is -1.07. The van der Waals surface area contributed by atoms with Gasteiger partial charge in [-0.3, -0.25) is 20.3 Å². The Kier molecular flexibility index (Phi) is 4.45. The van der Waals surface area contributed by atoms with Crippen LogP contribution in [0.2, 0.25) is 0 Å². The molecule has 0 radical (unpaired) electrons. The minimum Gasteiger partial charge on any atom is -0.283 e. The molecule has 0 unspecified atom stereocenters. The number of nitrogens with one attached hydrogen (secondary N) is 1. The Hall–Kier alpha value is -2.87. The summed E-state index contributed by atoms with van der Waals surface area (Å²) in [5.41, 5.74) is 2.67. The highest BCUT2D eigenvalue weighted by atomic mass is 32.2. The van der Waals surface area contributed by atoms with Gasteiger partial charge in [0.05, 0.1) is 4.92 Å². The van der Waals surface area contributed by atoms with Crippen molar-refractivity contribution in [1.82, 2.24) is 5.01 Å². The highest BCUT2D eigenvalue weighted by molar-refractivity contribution is 8.13. The van der Waals surface area contributed by atoms with Gasteiger partial charge in [-0.2, -0.15) is 5.01 Å². The molecule has 0 aromatic heterocycles. The number of hydrogen-bond acceptors (Lipinski definition) is 6. The maximum absolute atomic E-state index is 13.0. The van der Waals surface area contributed by atoms with Crippen LogP contribution in [0.15, 0.2) is 59.6 Å². The number of carbonyl (C=O) groups is 1. The van der Waals surface area contributed by atoms with Crippen molar-refractivity contribution < 1.29 is 9.72 Å². The molecule has 0 spiro atoms. The molecule has 1 aliphatic rings. The van der Waals surface area contributed by atoms with E-state index in [0.717, 1.165) is 5.56 Å². The number of hydrogen-bond donors (Lipinski definition) is 1. The molecule has 25 heavy (non-hydrogen) atoms. The number of rotatable bonds is 4. The van der Waals surface area contributed by atoms with Gasteiger partial charge in [0.15, 0.2) is 10.7 Å². The molecule has 0 saturated carbocycles. The number of nitro benzene ring substituents is 1. The molecule has 2 aromatic carbocycles. The lowest BCUT2D eigenvalue weighted by molar-refractivity contribution is -0.384. The lowest BCUT2D eigenvalue weighted by Crippen LogP contribution is -2.42. The topological polar surface area (TPSA) is 87.8 Å². The van der Waals surface area contributed by atoms with Crippen LogP contribution in [0.5, 0.6) is 0 Å². The van der Waals surface area contributed by atoms with Crippen molar-refractivity contribution in [3.63, 3.8) is 0 Å². The molecule has 8 heteroatoms. The first kappa shape index (κ1) is 17.0. The molecule has 1 heterocycles. The quantitative estimate of drug-likeness (QED) is 0.670. The minimum absolute atomic E-state index is 0.107. The van der Waals surface area contributed by atoms with Crippen LogP contribution in [0.3, 0.4) is 0 Å². The van der Waals surface area contributed by atoms with Gasteiger partial charge in [-0.1, -0.05) is 54.2 Å². The van der Waals surface area contributed by atoms with Crippen molar-refractivity contribution in [2.75, 3.05) is 11.7 Å².